The number of benzene rings is 1. The Hall–Kier alpha value is -2.88. The Morgan fingerprint density at radius 1 is 1.38 bits per heavy atom. The van der Waals surface area contributed by atoms with E-state index >= 15 is 0 Å². The van der Waals surface area contributed by atoms with Crippen LogP contribution in [0.25, 0.3) is 0 Å². The summed E-state index contributed by atoms with van der Waals surface area (Å²) in [4.78, 5) is 46.8. The topological polar surface area (TPSA) is 116 Å². The van der Waals surface area contributed by atoms with Crippen LogP contribution in [0.2, 0.25) is 0 Å². The lowest BCUT2D eigenvalue weighted by atomic mass is 10.2. The van der Waals surface area contributed by atoms with E-state index < -0.39 is 16.9 Å². The summed E-state index contributed by atoms with van der Waals surface area (Å²) in [7, 11) is 0. The first-order chi connectivity index (χ1) is 12.4. The van der Waals surface area contributed by atoms with Gasteiger partial charge in [-0.05, 0) is 13.0 Å². The molecule has 10 heteroatoms. The van der Waals surface area contributed by atoms with Crippen LogP contribution < -0.4 is 0 Å². The van der Waals surface area contributed by atoms with Gasteiger partial charge < -0.3 is 14.4 Å². The first-order valence-electron chi connectivity index (χ1n) is 7.65. The van der Waals surface area contributed by atoms with E-state index in [4.69, 9.17) is 9.47 Å². The Kier molecular flexibility index (Phi) is 6.73. The Balaban J connectivity index is 1.94. The molecule has 0 radical (unpaired) electrons. The molecule has 0 N–H and O–H groups in total. The van der Waals surface area contributed by atoms with E-state index in [0.29, 0.717) is 5.03 Å². The number of hydrogen-bond acceptors (Lipinski definition) is 8. The number of ether oxygens (including phenoxy) is 2. The first kappa shape index (κ1) is 19.4. The molecule has 1 heterocycles. The third-order valence-electron chi connectivity index (χ3n) is 3.28. The van der Waals surface area contributed by atoms with Crippen LogP contribution in [-0.4, -0.2) is 53.2 Å². The van der Waals surface area contributed by atoms with Crippen molar-refractivity contribution in [1.29, 1.82) is 0 Å². The van der Waals surface area contributed by atoms with E-state index in [2.05, 4.69) is 0 Å². The van der Waals surface area contributed by atoms with Crippen molar-refractivity contribution in [3.63, 3.8) is 0 Å². The van der Waals surface area contributed by atoms with Crippen LogP contribution in [0.3, 0.4) is 0 Å². The molecule has 1 fully saturated rings. The van der Waals surface area contributed by atoms with Crippen molar-refractivity contribution in [3.8, 4) is 0 Å². The van der Waals surface area contributed by atoms with E-state index in [0.717, 1.165) is 6.07 Å². The van der Waals surface area contributed by atoms with Crippen molar-refractivity contribution in [2.24, 2.45) is 0 Å². The maximum atomic E-state index is 12.0. The predicted octanol–water partition coefficient (Wildman–Crippen LogP) is 1.73. The first-order valence-corrected chi connectivity index (χ1v) is 8.64. The quantitative estimate of drug-likeness (QED) is 0.304. The lowest BCUT2D eigenvalue weighted by Crippen LogP contribution is -2.29. The molecule has 0 unspecified atom stereocenters. The summed E-state index contributed by atoms with van der Waals surface area (Å²) in [6.45, 7) is 1.85. The van der Waals surface area contributed by atoms with Gasteiger partial charge in [-0.3, -0.25) is 14.9 Å². The van der Waals surface area contributed by atoms with Crippen LogP contribution in [0.15, 0.2) is 35.4 Å². The van der Waals surface area contributed by atoms with E-state index in [-0.39, 0.29) is 42.7 Å². The van der Waals surface area contributed by atoms with Crippen molar-refractivity contribution in [1.82, 2.24) is 4.90 Å². The highest BCUT2D eigenvalue weighted by Crippen LogP contribution is 2.28. The van der Waals surface area contributed by atoms with Crippen LogP contribution in [0.1, 0.15) is 17.3 Å². The number of thioether (sulfide) groups is 1. The summed E-state index contributed by atoms with van der Waals surface area (Å²) < 4.78 is 9.88. The van der Waals surface area contributed by atoms with Gasteiger partial charge in [0.2, 0.25) is 5.91 Å². The van der Waals surface area contributed by atoms with Gasteiger partial charge in [-0.1, -0.05) is 17.8 Å². The van der Waals surface area contributed by atoms with Gasteiger partial charge in [-0.15, -0.1) is 0 Å². The molecular weight excluding hydrogens is 364 g/mol. The number of nitro groups is 1. The van der Waals surface area contributed by atoms with Crippen molar-refractivity contribution >= 4 is 35.3 Å². The molecule has 1 aromatic rings. The highest BCUT2D eigenvalue weighted by molar-refractivity contribution is 8.04. The van der Waals surface area contributed by atoms with Gasteiger partial charge >= 0.3 is 11.9 Å². The normalized spacial score (nSPS) is 15.2. The van der Waals surface area contributed by atoms with Crippen LogP contribution in [-0.2, 0) is 19.1 Å². The molecule has 0 bridgehead atoms. The Morgan fingerprint density at radius 3 is 2.85 bits per heavy atom. The third-order valence-corrected chi connectivity index (χ3v) is 4.30. The average Bonchev–Trinajstić information content (AvgIpc) is 2.95. The summed E-state index contributed by atoms with van der Waals surface area (Å²) in [5.74, 6) is -1.31. The molecule has 1 aliphatic heterocycles. The smallest absolute Gasteiger partial charge is 0.338 e. The zero-order chi connectivity index (χ0) is 19.1. The summed E-state index contributed by atoms with van der Waals surface area (Å²) in [6.07, 6.45) is 1.22. The maximum absolute atomic E-state index is 12.0. The zero-order valence-electron chi connectivity index (χ0n) is 13.9. The minimum atomic E-state index is -0.732. The third kappa shape index (κ3) is 5.06. The van der Waals surface area contributed by atoms with Gasteiger partial charge in [0.05, 0.1) is 40.5 Å². The average molecular weight is 380 g/mol. The summed E-state index contributed by atoms with van der Waals surface area (Å²) in [5.41, 5.74) is -0.172. The molecule has 1 aliphatic rings. The zero-order valence-corrected chi connectivity index (χ0v) is 14.7. The molecule has 1 saturated heterocycles. The summed E-state index contributed by atoms with van der Waals surface area (Å²) in [5, 5.41) is 11.2. The number of amides is 1. The molecule has 2 rings (SSSR count). The number of non-ortho nitro benzene ring substituents is 1. The molecule has 1 amide bonds. The van der Waals surface area contributed by atoms with Gasteiger partial charge in [0.15, 0.2) is 0 Å². The molecule has 0 saturated carbocycles. The molecule has 26 heavy (non-hydrogen) atoms. The van der Waals surface area contributed by atoms with Gasteiger partial charge in [0.1, 0.15) is 6.61 Å². The van der Waals surface area contributed by atoms with E-state index in [9.17, 15) is 24.5 Å². The number of hydrogen-bond donors (Lipinski definition) is 0. The highest BCUT2D eigenvalue weighted by atomic mass is 32.2. The van der Waals surface area contributed by atoms with E-state index in [1.807, 2.05) is 0 Å². The largest absolute Gasteiger partial charge is 0.463 e. The predicted molar refractivity (Wildman–Crippen MR) is 92.3 cm³/mol. The van der Waals surface area contributed by atoms with Crippen LogP contribution in [0.4, 0.5) is 5.69 Å². The molecule has 0 aliphatic carbocycles. The molecule has 1 aromatic carbocycles. The van der Waals surface area contributed by atoms with Crippen molar-refractivity contribution < 1.29 is 28.8 Å². The number of rotatable bonds is 7. The van der Waals surface area contributed by atoms with Crippen molar-refractivity contribution in [3.05, 3.63) is 51.0 Å². The number of carbonyl (C=O) groups is 3. The van der Waals surface area contributed by atoms with Crippen molar-refractivity contribution in [2.75, 3.05) is 25.5 Å². The Labute approximate surface area is 153 Å². The summed E-state index contributed by atoms with van der Waals surface area (Å²) in [6, 6.07) is 5.17. The van der Waals surface area contributed by atoms with Gasteiger partial charge in [-0.25, -0.2) is 9.59 Å². The number of carbonyl (C=O) groups excluding carboxylic acids is 3. The summed E-state index contributed by atoms with van der Waals surface area (Å²) >= 11 is 1.19. The second kappa shape index (κ2) is 8.99. The lowest BCUT2D eigenvalue weighted by Gasteiger charge is -2.16. The SMILES string of the molecule is CCOC(=O)/C=C1\SCC(=O)N1CCOC(=O)c1cccc([N+](=O)[O-])c1. The van der Waals surface area contributed by atoms with Crippen LogP contribution in [0, 0.1) is 10.1 Å². The molecule has 9 nitrogen and oxygen atoms in total. The maximum Gasteiger partial charge on any atom is 0.338 e. The molecule has 0 atom stereocenters. The van der Waals surface area contributed by atoms with Gasteiger partial charge in [0.25, 0.3) is 5.69 Å². The number of esters is 2. The fraction of sp³-hybridized carbons (Fsp3) is 0.312. The van der Waals surface area contributed by atoms with Crippen LogP contribution in [0.5, 0.6) is 0 Å². The molecule has 0 aromatic heterocycles. The fourth-order valence-corrected chi connectivity index (χ4v) is 3.07. The minimum absolute atomic E-state index is 0.0450. The van der Waals surface area contributed by atoms with E-state index in [1.54, 1.807) is 6.92 Å². The number of nitrogens with zero attached hydrogens (tertiary/aromatic N) is 2. The lowest BCUT2D eigenvalue weighted by molar-refractivity contribution is -0.384. The number of nitro benzene ring substituents is 1. The Bertz CT molecular complexity index is 763. The van der Waals surface area contributed by atoms with Gasteiger partial charge in [-0.2, -0.15) is 0 Å². The monoisotopic (exact) mass is 380 g/mol. The highest BCUT2D eigenvalue weighted by Gasteiger charge is 2.27. The van der Waals surface area contributed by atoms with Crippen LogP contribution >= 0.6 is 11.8 Å². The van der Waals surface area contributed by atoms with Crippen molar-refractivity contribution in [2.45, 2.75) is 6.92 Å². The Morgan fingerprint density at radius 2 is 2.15 bits per heavy atom. The minimum Gasteiger partial charge on any atom is -0.463 e. The molecule has 0 spiro atoms. The fourth-order valence-electron chi connectivity index (χ4n) is 2.11. The van der Waals surface area contributed by atoms with E-state index in [1.165, 1.54) is 40.9 Å². The van der Waals surface area contributed by atoms with Gasteiger partial charge in [0, 0.05) is 12.1 Å². The molecule has 138 valence electrons. The standard InChI is InChI=1S/C16H16N2O7S/c1-2-24-15(20)9-14-17(13(19)10-26-14)6-7-25-16(21)11-4-3-5-12(8-11)18(22)23/h3-5,8-9H,2,6-7,10H2,1H3/b14-9-. The second-order valence-electron chi connectivity index (χ2n) is 5.01. The second-order valence-corrected chi connectivity index (χ2v) is 6.01. The molecular formula is C16H16N2O7S.